The standard InChI is InChI=1S/C34H42O6/c1-5-14-37-32(36)39-22-38-30-12-11-28(18-29(30)34-19-24-15-25(20-34)17-26(16-24)21-34)27-9-6-23(7-10-27)8-13-31(35)40-33(2,3)4/h6-13,18,24-26H,5,14-17,19-22H2,1-4H3/b13-8+. The second-order valence-electron chi connectivity index (χ2n) is 12.9. The van der Waals surface area contributed by atoms with Crippen molar-refractivity contribution < 1.29 is 28.5 Å². The molecular formula is C34H42O6. The van der Waals surface area contributed by atoms with E-state index in [0.717, 1.165) is 46.6 Å². The normalized spacial score (nSPS) is 25.1. The van der Waals surface area contributed by atoms with Crippen LogP contribution in [0.25, 0.3) is 17.2 Å². The van der Waals surface area contributed by atoms with Crippen molar-refractivity contribution in [2.75, 3.05) is 13.4 Å². The van der Waals surface area contributed by atoms with Crippen LogP contribution in [0, 0.1) is 17.8 Å². The number of ether oxygens (including phenoxy) is 4. The maximum Gasteiger partial charge on any atom is 0.511 e. The molecule has 0 N–H and O–H groups in total. The maximum atomic E-state index is 12.1. The SMILES string of the molecule is CCCOC(=O)OCOc1ccc(-c2ccc(/C=C/C(=O)OC(C)(C)C)cc2)cc1C12CC3CC(CC(C3)C1)C2. The average Bonchev–Trinajstić information content (AvgIpc) is 2.89. The molecule has 4 fully saturated rings. The minimum Gasteiger partial charge on any atom is -0.457 e. The van der Waals surface area contributed by atoms with Crippen molar-refractivity contribution in [2.45, 2.75) is 83.7 Å². The minimum atomic E-state index is -0.698. The molecule has 2 aromatic carbocycles. The van der Waals surface area contributed by atoms with Crippen LogP contribution in [0.15, 0.2) is 48.5 Å². The van der Waals surface area contributed by atoms with Gasteiger partial charge in [0.2, 0.25) is 6.79 Å². The largest absolute Gasteiger partial charge is 0.511 e. The van der Waals surface area contributed by atoms with Crippen LogP contribution in [-0.2, 0) is 24.4 Å². The first-order valence-electron chi connectivity index (χ1n) is 14.7. The fourth-order valence-corrected chi connectivity index (χ4v) is 7.35. The molecule has 4 bridgehead atoms. The molecule has 0 saturated heterocycles. The highest BCUT2D eigenvalue weighted by Gasteiger charge is 2.52. The molecule has 4 saturated carbocycles. The molecular weight excluding hydrogens is 504 g/mol. The van der Waals surface area contributed by atoms with Gasteiger partial charge in [-0.15, -0.1) is 0 Å². The van der Waals surface area contributed by atoms with Gasteiger partial charge in [-0.1, -0.05) is 37.3 Å². The third-order valence-electron chi connectivity index (χ3n) is 8.47. The van der Waals surface area contributed by atoms with E-state index in [4.69, 9.17) is 18.9 Å². The van der Waals surface area contributed by atoms with Gasteiger partial charge < -0.3 is 18.9 Å². The summed E-state index contributed by atoms with van der Waals surface area (Å²) in [6.45, 7) is 7.68. The van der Waals surface area contributed by atoms with E-state index in [9.17, 15) is 9.59 Å². The molecule has 6 nitrogen and oxygen atoms in total. The van der Waals surface area contributed by atoms with Crippen molar-refractivity contribution in [1.29, 1.82) is 0 Å². The van der Waals surface area contributed by atoms with Crippen LogP contribution in [0.4, 0.5) is 4.79 Å². The van der Waals surface area contributed by atoms with E-state index in [1.54, 1.807) is 6.08 Å². The third-order valence-corrected chi connectivity index (χ3v) is 8.47. The predicted octanol–water partition coefficient (Wildman–Crippen LogP) is 8.08. The molecule has 2 aromatic rings. The van der Waals surface area contributed by atoms with Gasteiger partial charge in [0, 0.05) is 11.6 Å². The first-order chi connectivity index (χ1) is 19.1. The lowest BCUT2D eigenvalue weighted by Crippen LogP contribution is -2.48. The Bertz CT molecular complexity index is 1200. The Morgan fingerprint density at radius 1 is 0.900 bits per heavy atom. The van der Waals surface area contributed by atoms with Crippen molar-refractivity contribution in [3.05, 3.63) is 59.7 Å². The monoisotopic (exact) mass is 546 g/mol. The minimum absolute atomic E-state index is 0.110. The molecule has 4 aliphatic carbocycles. The molecule has 40 heavy (non-hydrogen) atoms. The first-order valence-corrected chi connectivity index (χ1v) is 14.7. The summed E-state index contributed by atoms with van der Waals surface area (Å²) in [5.41, 5.74) is 4.00. The zero-order chi connectivity index (χ0) is 28.3. The molecule has 214 valence electrons. The van der Waals surface area contributed by atoms with E-state index < -0.39 is 11.8 Å². The van der Waals surface area contributed by atoms with Crippen LogP contribution in [0.5, 0.6) is 5.75 Å². The molecule has 0 heterocycles. The van der Waals surface area contributed by atoms with Crippen molar-refractivity contribution >= 4 is 18.2 Å². The summed E-state index contributed by atoms with van der Waals surface area (Å²) < 4.78 is 21.7. The Balaban J connectivity index is 1.37. The summed E-state index contributed by atoms with van der Waals surface area (Å²) in [4.78, 5) is 23.9. The molecule has 0 atom stereocenters. The number of carbonyl (C=O) groups excluding carboxylic acids is 2. The highest BCUT2D eigenvalue weighted by Crippen LogP contribution is 2.62. The zero-order valence-electron chi connectivity index (χ0n) is 24.2. The van der Waals surface area contributed by atoms with Crippen LogP contribution >= 0.6 is 0 Å². The summed E-state index contributed by atoms with van der Waals surface area (Å²) >= 11 is 0. The lowest BCUT2D eigenvalue weighted by molar-refractivity contribution is -0.148. The summed E-state index contributed by atoms with van der Waals surface area (Å²) in [5, 5.41) is 0. The molecule has 6 rings (SSSR count). The molecule has 0 amide bonds. The highest BCUT2D eigenvalue weighted by molar-refractivity contribution is 5.87. The van der Waals surface area contributed by atoms with Gasteiger partial charge in [-0.2, -0.15) is 0 Å². The van der Waals surface area contributed by atoms with Gasteiger partial charge in [-0.05, 0) is 124 Å². The molecule has 0 spiro atoms. The van der Waals surface area contributed by atoms with Crippen molar-refractivity contribution in [1.82, 2.24) is 0 Å². The lowest BCUT2D eigenvalue weighted by Gasteiger charge is -2.57. The van der Waals surface area contributed by atoms with E-state index in [-0.39, 0.29) is 18.2 Å². The zero-order valence-corrected chi connectivity index (χ0v) is 24.2. The summed E-state index contributed by atoms with van der Waals surface area (Å²) in [6.07, 6.45) is 11.0. The van der Waals surface area contributed by atoms with Crippen LogP contribution < -0.4 is 4.74 Å². The number of hydrogen-bond acceptors (Lipinski definition) is 6. The van der Waals surface area contributed by atoms with E-state index in [2.05, 4.69) is 24.3 Å². The van der Waals surface area contributed by atoms with E-state index in [0.29, 0.717) is 6.61 Å². The van der Waals surface area contributed by atoms with Crippen molar-refractivity contribution in [3.63, 3.8) is 0 Å². The highest BCUT2D eigenvalue weighted by atomic mass is 16.8. The number of carbonyl (C=O) groups is 2. The Morgan fingerprint density at radius 3 is 2.12 bits per heavy atom. The van der Waals surface area contributed by atoms with E-state index >= 15 is 0 Å². The van der Waals surface area contributed by atoms with Gasteiger partial charge in [0.05, 0.1) is 6.61 Å². The molecule has 0 aromatic heterocycles. The van der Waals surface area contributed by atoms with Crippen molar-refractivity contribution in [3.8, 4) is 16.9 Å². The summed E-state index contributed by atoms with van der Waals surface area (Å²) in [6, 6.07) is 14.6. The Morgan fingerprint density at radius 2 is 1.52 bits per heavy atom. The topological polar surface area (TPSA) is 71.1 Å². The van der Waals surface area contributed by atoms with Gasteiger partial charge in [0.15, 0.2) is 0 Å². The Labute approximate surface area is 238 Å². The second kappa shape index (κ2) is 11.7. The lowest BCUT2D eigenvalue weighted by atomic mass is 9.48. The fraction of sp³-hybridized carbons (Fsp3) is 0.529. The summed E-state index contributed by atoms with van der Waals surface area (Å²) in [5.74, 6) is 2.82. The van der Waals surface area contributed by atoms with Gasteiger partial charge in [-0.3, -0.25) is 0 Å². The van der Waals surface area contributed by atoms with Crippen LogP contribution in [-0.4, -0.2) is 31.1 Å². The molecule has 0 radical (unpaired) electrons. The fourth-order valence-electron chi connectivity index (χ4n) is 7.35. The van der Waals surface area contributed by atoms with Crippen LogP contribution in [0.2, 0.25) is 0 Å². The van der Waals surface area contributed by atoms with Gasteiger partial charge >= 0.3 is 12.1 Å². The van der Waals surface area contributed by atoms with Crippen LogP contribution in [0.3, 0.4) is 0 Å². The number of hydrogen-bond donors (Lipinski definition) is 0. The van der Waals surface area contributed by atoms with Gasteiger partial charge in [0.1, 0.15) is 11.4 Å². The first kappa shape index (κ1) is 28.3. The predicted molar refractivity (Wildman–Crippen MR) is 155 cm³/mol. The second-order valence-corrected chi connectivity index (χ2v) is 12.9. The number of rotatable bonds is 9. The third kappa shape index (κ3) is 6.71. The van der Waals surface area contributed by atoms with Crippen molar-refractivity contribution in [2.24, 2.45) is 17.8 Å². The quantitative estimate of drug-likeness (QED) is 0.180. The van der Waals surface area contributed by atoms with Gasteiger partial charge in [0.25, 0.3) is 0 Å². The van der Waals surface area contributed by atoms with E-state index in [1.165, 1.54) is 50.2 Å². The summed E-state index contributed by atoms with van der Waals surface area (Å²) in [7, 11) is 0. The Hall–Kier alpha value is -3.28. The van der Waals surface area contributed by atoms with Gasteiger partial charge in [-0.25, -0.2) is 9.59 Å². The molecule has 6 heteroatoms. The molecule has 0 unspecified atom stereocenters. The average molecular weight is 547 g/mol. The molecule has 4 aliphatic rings. The van der Waals surface area contributed by atoms with Crippen LogP contribution in [0.1, 0.15) is 83.8 Å². The van der Waals surface area contributed by atoms with E-state index in [1.807, 2.05) is 45.9 Å². The number of benzene rings is 2. The Kier molecular flexibility index (Phi) is 8.25. The smallest absolute Gasteiger partial charge is 0.457 e. The molecule has 0 aliphatic heterocycles. The number of esters is 1. The maximum absolute atomic E-state index is 12.1.